The molecule has 28 heavy (non-hydrogen) atoms. The average Bonchev–Trinajstić information content (AvgIpc) is 3.21. The second-order valence-corrected chi connectivity index (χ2v) is 7.17. The van der Waals surface area contributed by atoms with Gasteiger partial charge in [0.15, 0.2) is 11.5 Å². The first-order valence-electron chi connectivity index (χ1n) is 9.86. The average molecular weight is 381 g/mol. The maximum absolute atomic E-state index is 10.3. The van der Waals surface area contributed by atoms with Gasteiger partial charge in [0.25, 0.3) is 0 Å². The number of para-hydroxylation sites is 1. The lowest BCUT2D eigenvalue weighted by atomic mass is 9.77. The molecule has 1 heterocycles. The van der Waals surface area contributed by atoms with Crippen molar-refractivity contribution in [1.29, 1.82) is 0 Å². The van der Waals surface area contributed by atoms with E-state index in [1.54, 1.807) is 13.2 Å². The summed E-state index contributed by atoms with van der Waals surface area (Å²) < 4.78 is 16.6. The van der Waals surface area contributed by atoms with E-state index in [0.717, 1.165) is 23.4 Å². The molecule has 0 aromatic heterocycles. The molecule has 0 saturated carbocycles. The van der Waals surface area contributed by atoms with Crippen LogP contribution in [-0.4, -0.2) is 32.0 Å². The topological polar surface area (TPSA) is 60.0 Å². The molecule has 0 amide bonds. The monoisotopic (exact) mass is 381 g/mol. The largest absolute Gasteiger partial charge is 0.504 e. The van der Waals surface area contributed by atoms with Crippen LogP contribution in [0, 0.1) is 5.92 Å². The molecule has 5 heteroatoms. The molecule has 1 aliphatic heterocycles. The molecule has 0 radical (unpaired) electrons. The molecule has 0 saturated heterocycles. The Bertz CT molecular complexity index is 864. The van der Waals surface area contributed by atoms with E-state index in [9.17, 15) is 5.11 Å². The fourth-order valence-corrected chi connectivity index (χ4v) is 4.30. The van der Waals surface area contributed by atoms with Gasteiger partial charge in [0.05, 0.1) is 25.4 Å². The smallest absolute Gasteiger partial charge is 0.160 e. The summed E-state index contributed by atoms with van der Waals surface area (Å²) in [5, 5.41) is 14.0. The highest BCUT2D eigenvalue weighted by atomic mass is 16.5. The second kappa shape index (κ2) is 8.15. The van der Waals surface area contributed by atoms with E-state index < -0.39 is 0 Å². The fourth-order valence-electron chi connectivity index (χ4n) is 4.30. The van der Waals surface area contributed by atoms with Gasteiger partial charge >= 0.3 is 0 Å². The van der Waals surface area contributed by atoms with Crippen molar-refractivity contribution in [1.82, 2.24) is 0 Å². The summed E-state index contributed by atoms with van der Waals surface area (Å²) in [6.45, 7) is 3.76. The zero-order valence-corrected chi connectivity index (χ0v) is 16.4. The van der Waals surface area contributed by atoms with Gasteiger partial charge in [-0.25, -0.2) is 0 Å². The number of hydrogen-bond donors (Lipinski definition) is 2. The van der Waals surface area contributed by atoms with Gasteiger partial charge < -0.3 is 24.6 Å². The quantitative estimate of drug-likeness (QED) is 0.540. The Hall–Kier alpha value is -2.66. The van der Waals surface area contributed by atoms with Crippen molar-refractivity contribution in [3.8, 4) is 17.2 Å². The Balaban J connectivity index is 1.65. The third kappa shape index (κ3) is 3.42. The van der Waals surface area contributed by atoms with Crippen molar-refractivity contribution >= 4 is 5.69 Å². The molecule has 2 aliphatic rings. The second-order valence-electron chi connectivity index (χ2n) is 7.17. The summed E-state index contributed by atoms with van der Waals surface area (Å²) in [7, 11) is 1.56. The Morgan fingerprint density at radius 2 is 2.04 bits per heavy atom. The van der Waals surface area contributed by atoms with Crippen LogP contribution in [-0.2, 0) is 4.74 Å². The third-order valence-electron chi connectivity index (χ3n) is 5.61. The van der Waals surface area contributed by atoms with Crippen LogP contribution >= 0.6 is 0 Å². The maximum Gasteiger partial charge on any atom is 0.160 e. The Morgan fingerprint density at radius 1 is 1.14 bits per heavy atom. The fraction of sp³-hybridized carbons (Fsp3) is 0.391. The van der Waals surface area contributed by atoms with E-state index in [0.29, 0.717) is 37.4 Å². The molecule has 0 fully saturated rings. The highest BCUT2D eigenvalue weighted by Gasteiger charge is 2.39. The minimum absolute atomic E-state index is 0.0842. The van der Waals surface area contributed by atoms with E-state index in [4.69, 9.17) is 14.2 Å². The molecule has 2 N–H and O–H groups in total. The number of phenolic OH excluding ortho intramolecular Hbond substituents is 1. The minimum Gasteiger partial charge on any atom is -0.504 e. The number of nitrogens with one attached hydrogen (secondary N) is 1. The van der Waals surface area contributed by atoms with Crippen molar-refractivity contribution in [2.75, 3.05) is 32.2 Å². The van der Waals surface area contributed by atoms with Crippen LogP contribution in [0.2, 0.25) is 0 Å². The van der Waals surface area contributed by atoms with Crippen LogP contribution < -0.4 is 14.8 Å². The van der Waals surface area contributed by atoms with Crippen molar-refractivity contribution in [2.45, 2.75) is 25.3 Å². The zero-order valence-electron chi connectivity index (χ0n) is 16.4. The van der Waals surface area contributed by atoms with Crippen LogP contribution in [0.4, 0.5) is 5.69 Å². The highest BCUT2D eigenvalue weighted by Crippen LogP contribution is 2.52. The van der Waals surface area contributed by atoms with Gasteiger partial charge in [0, 0.05) is 12.5 Å². The minimum atomic E-state index is 0.0842. The summed E-state index contributed by atoms with van der Waals surface area (Å²) in [5.74, 6) is 2.23. The number of ether oxygens (including phenoxy) is 3. The van der Waals surface area contributed by atoms with Crippen LogP contribution in [0.1, 0.15) is 36.4 Å². The van der Waals surface area contributed by atoms with Gasteiger partial charge in [-0.3, -0.25) is 0 Å². The predicted molar refractivity (Wildman–Crippen MR) is 109 cm³/mol. The Labute approximate surface area is 165 Å². The molecule has 148 valence electrons. The van der Waals surface area contributed by atoms with Crippen LogP contribution in [0.15, 0.2) is 48.6 Å². The van der Waals surface area contributed by atoms with Gasteiger partial charge in [-0.1, -0.05) is 30.4 Å². The van der Waals surface area contributed by atoms with Crippen LogP contribution in [0.5, 0.6) is 17.2 Å². The summed E-state index contributed by atoms with van der Waals surface area (Å²) >= 11 is 0. The van der Waals surface area contributed by atoms with Gasteiger partial charge in [-0.05, 0) is 48.6 Å². The number of hydrogen-bond acceptors (Lipinski definition) is 5. The lowest BCUT2D eigenvalue weighted by molar-refractivity contribution is 0.110. The van der Waals surface area contributed by atoms with Crippen molar-refractivity contribution in [2.24, 2.45) is 5.92 Å². The SMILES string of the molecule is CCOCCOc1cccc2c1NC(c1ccc(OC)c(O)c1)C1CC=CC21. The summed E-state index contributed by atoms with van der Waals surface area (Å²) in [4.78, 5) is 0. The Kier molecular flexibility index (Phi) is 5.44. The molecule has 1 aliphatic carbocycles. The molecule has 3 atom stereocenters. The van der Waals surface area contributed by atoms with E-state index in [1.807, 2.05) is 25.1 Å². The number of allylic oxidation sites excluding steroid dienone is 2. The first-order chi connectivity index (χ1) is 13.7. The molecule has 4 rings (SSSR count). The van der Waals surface area contributed by atoms with Crippen molar-refractivity contribution in [3.63, 3.8) is 0 Å². The lowest BCUT2D eigenvalue weighted by Gasteiger charge is -2.38. The number of rotatable bonds is 7. The number of benzene rings is 2. The van der Waals surface area contributed by atoms with E-state index in [1.165, 1.54) is 5.56 Å². The molecule has 2 aromatic carbocycles. The Morgan fingerprint density at radius 3 is 2.82 bits per heavy atom. The molecule has 2 aromatic rings. The molecular weight excluding hydrogens is 354 g/mol. The summed E-state index contributed by atoms with van der Waals surface area (Å²) in [6.07, 6.45) is 5.56. The third-order valence-corrected chi connectivity index (χ3v) is 5.61. The number of fused-ring (bicyclic) bond motifs is 3. The number of aromatic hydroxyl groups is 1. The number of phenols is 1. The van der Waals surface area contributed by atoms with Crippen LogP contribution in [0.25, 0.3) is 0 Å². The summed E-state index contributed by atoms with van der Waals surface area (Å²) in [6, 6.07) is 12.0. The van der Waals surface area contributed by atoms with Gasteiger partial charge in [-0.15, -0.1) is 0 Å². The molecule has 3 unspecified atom stereocenters. The van der Waals surface area contributed by atoms with E-state index in [-0.39, 0.29) is 11.8 Å². The molecule has 0 spiro atoms. The van der Waals surface area contributed by atoms with E-state index in [2.05, 4.69) is 29.6 Å². The number of anilines is 1. The maximum atomic E-state index is 10.3. The number of methoxy groups -OCH3 is 1. The zero-order chi connectivity index (χ0) is 19.5. The summed E-state index contributed by atoms with van der Waals surface area (Å²) in [5.41, 5.74) is 3.35. The van der Waals surface area contributed by atoms with Gasteiger partial charge in [-0.2, -0.15) is 0 Å². The molecule has 5 nitrogen and oxygen atoms in total. The molecular formula is C23H27NO4. The normalized spacial score (nSPS) is 22.3. The highest BCUT2D eigenvalue weighted by molar-refractivity contribution is 5.68. The van der Waals surface area contributed by atoms with Gasteiger partial charge in [0.1, 0.15) is 12.4 Å². The van der Waals surface area contributed by atoms with Crippen molar-refractivity contribution < 1.29 is 19.3 Å². The first kappa shape index (κ1) is 18.7. The van der Waals surface area contributed by atoms with Gasteiger partial charge in [0.2, 0.25) is 0 Å². The molecule has 0 bridgehead atoms. The predicted octanol–water partition coefficient (Wildman–Crippen LogP) is 4.64. The lowest BCUT2D eigenvalue weighted by Crippen LogP contribution is -2.29. The van der Waals surface area contributed by atoms with Crippen molar-refractivity contribution in [3.05, 3.63) is 59.7 Å². The first-order valence-corrected chi connectivity index (χ1v) is 9.86. The van der Waals surface area contributed by atoms with E-state index >= 15 is 0 Å². The standard InChI is InChI=1S/C23H27NO4/c1-3-27-12-13-28-21-9-5-8-18-16-6-4-7-17(16)22(24-23(18)21)15-10-11-20(26-2)19(25)14-15/h4-6,8-11,14,16-17,22,24-25H,3,7,12-13H2,1-2H3. The van der Waals surface area contributed by atoms with Crippen LogP contribution in [0.3, 0.4) is 0 Å².